The average molecular weight is 1140 g/mol. The van der Waals surface area contributed by atoms with Crippen molar-refractivity contribution in [1.29, 1.82) is 0 Å². The van der Waals surface area contributed by atoms with Crippen LogP contribution >= 0.6 is 0 Å². The van der Waals surface area contributed by atoms with Crippen LogP contribution < -0.4 is 0 Å². The average Bonchev–Trinajstić information content (AvgIpc) is 4.00. The first kappa shape index (κ1) is 47.9. The molecule has 0 spiro atoms. The van der Waals surface area contributed by atoms with E-state index in [9.17, 15) is 13.2 Å². The molecule has 11 aromatic rings. The second-order valence-electron chi connectivity index (χ2n) is 19.2. The Morgan fingerprint density at radius 2 is 1.21 bits per heavy atom. The zero-order valence-corrected chi connectivity index (χ0v) is 43.7. The largest absolute Gasteiger partial charge is 0.501 e. The van der Waals surface area contributed by atoms with Crippen molar-refractivity contribution >= 4 is 33.0 Å². The Bertz CT molecular complexity index is 3730. The minimum Gasteiger partial charge on any atom is -0.501 e. The zero-order valence-electron chi connectivity index (χ0n) is 43.3. The molecule has 8 heteroatoms. The van der Waals surface area contributed by atoms with Gasteiger partial charge in [0.05, 0.1) is 27.9 Å². The summed E-state index contributed by atoms with van der Waals surface area (Å²) in [6, 6.07) is 69.7. The molecule has 0 saturated carbocycles. The number of rotatable bonds is 10. The maximum absolute atomic E-state index is 13.1. The fraction of sp³-hybridized carbons (Fsp3) is 0.169. The van der Waals surface area contributed by atoms with Gasteiger partial charge in [-0.15, -0.1) is 53.6 Å². The van der Waals surface area contributed by atoms with Crippen molar-refractivity contribution in [3.05, 3.63) is 223 Å². The molecule has 0 atom stereocenters. The van der Waals surface area contributed by atoms with Gasteiger partial charge in [-0.2, -0.15) is 13.2 Å². The molecule has 0 aliphatic rings. The quantitative estimate of drug-likeness (QED) is 0.128. The standard InChI is InChI=1S/C49H39N2O.C16H15F3N.Ir/c1-31(2)42-28-38(36-24-22-35(23-25-36)33-14-7-5-8-15-33)29-43(32(3)4)47(42)51-45-21-12-11-20-44(45)50-49(51)41-19-13-18-40-39-27-26-37(30-46(39)52-48(40)41)34-16-9-6-10-17-34;1-15(2,16(17,18)19)11-12-6-8-13(9-7-12)14-5-3-4-10-20-14;/h5-18,20-32H,1-4H3;3-8,10H,11H2,1-2H3;/q2*-1;/i;11D2;. The van der Waals surface area contributed by atoms with Gasteiger partial charge in [0.1, 0.15) is 5.58 Å². The number of alkyl halides is 3. The fourth-order valence-electron chi connectivity index (χ4n) is 9.22. The third kappa shape index (κ3) is 10.3. The Hall–Kier alpha value is -7.38. The number of imidazole rings is 1. The van der Waals surface area contributed by atoms with E-state index in [0.717, 1.165) is 69.3 Å². The molecule has 3 heterocycles. The number of benzene rings is 8. The van der Waals surface area contributed by atoms with Gasteiger partial charge in [0.2, 0.25) is 0 Å². The fourth-order valence-corrected chi connectivity index (χ4v) is 9.22. The predicted octanol–water partition coefficient (Wildman–Crippen LogP) is 18.3. The van der Waals surface area contributed by atoms with Crippen molar-refractivity contribution in [3.8, 4) is 61.7 Å². The molecule has 0 aliphatic carbocycles. The number of pyridine rings is 1. The summed E-state index contributed by atoms with van der Waals surface area (Å²) in [6.07, 6.45) is -5.62. The van der Waals surface area contributed by atoms with Gasteiger partial charge in [0, 0.05) is 40.1 Å². The molecule has 1 radical (unpaired) electrons. The molecular formula is C65H54F3IrN3O-2. The molecule has 0 bridgehead atoms. The van der Waals surface area contributed by atoms with Crippen molar-refractivity contribution in [2.75, 3.05) is 0 Å². The van der Waals surface area contributed by atoms with Gasteiger partial charge in [0.25, 0.3) is 0 Å². The Balaban J connectivity index is 0.000000253. The first-order valence-electron chi connectivity index (χ1n) is 25.3. The molecule has 8 aromatic carbocycles. The first-order chi connectivity index (χ1) is 35.5. The summed E-state index contributed by atoms with van der Waals surface area (Å²) in [6.45, 7) is 10.9. The topological polar surface area (TPSA) is 43.9 Å². The predicted molar refractivity (Wildman–Crippen MR) is 289 cm³/mol. The van der Waals surface area contributed by atoms with Gasteiger partial charge >= 0.3 is 6.18 Å². The minimum atomic E-state index is -4.66. The van der Waals surface area contributed by atoms with E-state index in [2.05, 4.69) is 189 Å². The molecule has 0 saturated heterocycles. The van der Waals surface area contributed by atoms with E-state index < -0.39 is 18.0 Å². The van der Waals surface area contributed by atoms with Crippen molar-refractivity contribution in [1.82, 2.24) is 14.5 Å². The first-order valence-corrected chi connectivity index (χ1v) is 24.3. The third-order valence-corrected chi connectivity index (χ3v) is 13.2. The van der Waals surface area contributed by atoms with Crippen LogP contribution in [0.5, 0.6) is 0 Å². The van der Waals surface area contributed by atoms with Gasteiger partial charge in [0.15, 0.2) is 0 Å². The van der Waals surface area contributed by atoms with Crippen LogP contribution in [0, 0.1) is 17.5 Å². The van der Waals surface area contributed by atoms with Crippen LogP contribution in [-0.2, 0) is 26.5 Å². The molecule has 3 aromatic heterocycles. The molecule has 367 valence electrons. The van der Waals surface area contributed by atoms with Crippen LogP contribution in [0.15, 0.2) is 199 Å². The number of para-hydroxylation sites is 2. The Morgan fingerprint density at radius 3 is 1.81 bits per heavy atom. The van der Waals surface area contributed by atoms with Gasteiger partial charge in [-0.1, -0.05) is 174 Å². The van der Waals surface area contributed by atoms with Gasteiger partial charge in [-0.25, -0.2) is 0 Å². The van der Waals surface area contributed by atoms with Crippen LogP contribution in [0.2, 0.25) is 0 Å². The molecule has 0 aliphatic heterocycles. The summed E-state index contributed by atoms with van der Waals surface area (Å²) in [4.78, 5) is 9.46. The van der Waals surface area contributed by atoms with Crippen LogP contribution in [0.25, 0.3) is 94.7 Å². The van der Waals surface area contributed by atoms with Crippen LogP contribution in [0.3, 0.4) is 0 Å². The number of hydrogen-bond acceptors (Lipinski definition) is 3. The maximum atomic E-state index is 13.1. The van der Waals surface area contributed by atoms with E-state index in [-0.39, 0.29) is 37.5 Å². The molecule has 0 N–H and O–H groups in total. The molecule has 11 rings (SSSR count). The molecular weight excluding hydrogens is 1090 g/mol. The van der Waals surface area contributed by atoms with Crippen molar-refractivity contribution in [3.63, 3.8) is 0 Å². The monoisotopic (exact) mass is 1140 g/mol. The summed E-state index contributed by atoms with van der Waals surface area (Å²) in [5, 5.41) is 2.14. The molecule has 4 nitrogen and oxygen atoms in total. The van der Waals surface area contributed by atoms with Gasteiger partial charge in [-0.3, -0.25) is 4.98 Å². The van der Waals surface area contributed by atoms with Crippen LogP contribution in [-0.4, -0.2) is 20.7 Å². The number of nitrogens with zero attached hydrogens (tertiary/aromatic N) is 3. The van der Waals surface area contributed by atoms with Crippen LogP contribution in [0.4, 0.5) is 13.2 Å². The third-order valence-electron chi connectivity index (χ3n) is 13.2. The second-order valence-corrected chi connectivity index (χ2v) is 19.2. The maximum Gasteiger partial charge on any atom is 0.393 e. The molecule has 0 amide bonds. The van der Waals surface area contributed by atoms with Gasteiger partial charge in [-0.05, 0) is 105 Å². The number of halogens is 3. The molecule has 0 unspecified atom stereocenters. The smallest absolute Gasteiger partial charge is 0.393 e. The summed E-state index contributed by atoms with van der Waals surface area (Å²) in [7, 11) is 0. The number of fused-ring (bicyclic) bond motifs is 4. The van der Waals surface area contributed by atoms with Crippen molar-refractivity contribution in [2.45, 2.75) is 65.9 Å². The van der Waals surface area contributed by atoms with Crippen molar-refractivity contribution < 1.29 is 40.4 Å². The molecule has 0 fully saturated rings. The SMILES string of the molecule is CC(C)c1cc(-c2ccc(-c3ccccc3)cc2)cc(C(C)C)c1-n1c(-c2[c-]ccc3c2oc2cc(-c4ccccc4)ccc23)nc2ccccc21.[2H]C([2H])(c1c[c-]c(-c2ccccn2)cc1)C(C)(C)C(F)(F)F.[Ir]. The Labute approximate surface area is 441 Å². The van der Waals surface area contributed by atoms with E-state index in [0.29, 0.717) is 11.3 Å². The normalized spacial score (nSPS) is 12.4. The van der Waals surface area contributed by atoms with E-state index in [1.807, 2.05) is 12.1 Å². The summed E-state index contributed by atoms with van der Waals surface area (Å²) >= 11 is 0. The Kier molecular flexibility index (Phi) is 13.8. The van der Waals surface area contributed by atoms with Crippen molar-refractivity contribution in [2.24, 2.45) is 5.41 Å². The van der Waals surface area contributed by atoms with E-state index in [1.54, 1.807) is 24.4 Å². The minimum absolute atomic E-state index is 0. The number of furan rings is 1. The van der Waals surface area contributed by atoms with Gasteiger partial charge < -0.3 is 14.0 Å². The van der Waals surface area contributed by atoms with E-state index >= 15 is 0 Å². The van der Waals surface area contributed by atoms with E-state index in [4.69, 9.17) is 12.1 Å². The van der Waals surface area contributed by atoms with Crippen LogP contribution in [0.1, 0.15) is 72.8 Å². The zero-order chi connectivity index (χ0) is 51.9. The Morgan fingerprint density at radius 1 is 0.616 bits per heavy atom. The second kappa shape index (κ2) is 21.0. The van der Waals surface area contributed by atoms with E-state index in [1.165, 1.54) is 57.3 Å². The summed E-state index contributed by atoms with van der Waals surface area (Å²) in [5.41, 5.74) is 14.1. The number of hydrogen-bond donors (Lipinski definition) is 0. The summed E-state index contributed by atoms with van der Waals surface area (Å²) < 4.78 is 64.3. The summed E-state index contributed by atoms with van der Waals surface area (Å²) in [5.74, 6) is 1.35. The number of aromatic nitrogens is 3. The molecule has 73 heavy (non-hydrogen) atoms.